The van der Waals surface area contributed by atoms with Gasteiger partial charge in [-0.25, -0.2) is 8.42 Å². The van der Waals surface area contributed by atoms with E-state index in [1.165, 1.54) is 0 Å². The van der Waals surface area contributed by atoms with Crippen molar-refractivity contribution in [1.29, 1.82) is 0 Å². The molecule has 1 fully saturated rings. The SMILES string of the molecule is CC(C)(O)OC1CC[C@@H](Cc2ccccc2)S(=O)(=O)C(c2ccccc2)C1OCc1ccccc1. The van der Waals surface area contributed by atoms with Gasteiger partial charge < -0.3 is 14.6 Å². The molecule has 35 heavy (non-hydrogen) atoms. The molecule has 186 valence electrons. The highest BCUT2D eigenvalue weighted by atomic mass is 32.2. The zero-order valence-corrected chi connectivity index (χ0v) is 21.1. The molecule has 3 aromatic carbocycles. The molecule has 1 heterocycles. The molecule has 1 aliphatic rings. The number of aliphatic hydroxyl groups is 1. The smallest absolute Gasteiger partial charge is 0.163 e. The van der Waals surface area contributed by atoms with Crippen LogP contribution in [0.2, 0.25) is 0 Å². The van der Waals surface area contributed by atoms with Crippen LogP contribution < -0.4 is 0 Å². The molecule has 0 aromatic heterocycles. The van der Waals surface area contributed by atoms with Crippen molar-refractivity contribution in [2.24, 2.45) is 0 Å². The highest BCUT2D eigenvalue weighted by Gasteiger charge is 2.48. The quantitative estimate of drug-likeness (QED) is 0.433. The van der Waals surface area contributed by atoms with E-state index in [0.717, 1.165) is 11.1 Å². The molecule has 5 nitrogen and oxygen atoms in total. The summed E-state index contributed by atoms with van der Waals surface area (Å²) in [5.41, 5.74) is 2.61. The lowest BCUT2D eigenvalue weighted by molar-refractivity contribution is -0.233. The van der Waals surface area contributed by atoms with E-state index < -0.39 is 38.3 Å². The number of ether oxygens (including phenoxy) is 2. The van der Waals surface area contributed by atoms with E-state index in [4.69, 9.17) is 9.47 Å². The van der Waals surface area contributed by atoms with Crippen LogP contribution in [0.3, 0.4) is 0 Å². The fraction of sp³-hybridized carbons (Fsp3) is 0.379. The van der Waals surface area contributed by atoms with Crippen molar-refractivity contribution in [2.45, 2.75) is 68.2 Å². The van der Waals surface area contributed by atoms with Gasteiger partial charge in [0, 0.05) is 0 Å². The van der Waals surface area contributed by atoms with Gasteiger partial charge in [-0.15, -0.1) is 0 Å². The first-order valence-electron chi connectivity index (χ1n) is 12.1. The first-order chi connectivity index (χ1) is 16.7. The summed E-state index contributed by atoms with van der Waals surface area (Å²) in [5, 5.41) is 9.02. The van der Waals surface area contributed by atoms with Gasteiger partial charge in [0.05, 0.1) is 18.0 Å². The van der Waals surface area contributed by atoms with E-state index in [2.05, 4.69) is 0 Å². The van der Waals surface area contributed by atoms with Crippen molar-refractivity contribution in [3.8, 4) is 0 Å². The third-order valence-corrected chi connectivity index (χ3v) is 9.00. The normalized spacial score (nSPS) is 24.5. The second-order valence-electron chi connectivity index (χ2n) is 9.67. The standard InChI is InChI=1S/C29H34O5S/c1-29(2,30)34-26-19-18-25(20-22-12-6-3-7-13-22)35(31,32)28(24-16-10-5-11-17-24)27(26)33-21-23-14-8-4-9-15-23/h3-17,25-28,30H,18-21H2,1-2H3/t25-,26?,27?,28?/m0/s1. The summed E-state index contributed by atoms with van der Waals surface area (Å²) in [6.07, 6.45) is -0.0716. The van der Waals surface area contributed by atoms with Crippen molar-refractivity contribution in [3.05, 3.63) is 108 Å². The predicted molar refractivity (Wildman–Crippen MR) is 137 cm³/mol. The van der Waals surface area contributed by atoms with Gasteiger partial charge in [0.15, 0.2) is 15.6 Å². The number of sulfone groups is 1. The first kappa shape index (κ1) is 25.6. The number of rotatable bonds is 8. The van der Waals surface area contributed by atoms with Gasteiger partial charge in [-0.05, 0) is 49.8 Å². The van der Waals surface area contributed by atoms with Gasteiger partial charge in [0.1, 0.15) is 11.4 Å². The zero-order chi connectivity index (χ0) is 24.9. The molecule has 6 heteroatoms. The van der Waals surface area contributed by atoms with Gasteiger partial charge in [-0.2, -0.15) is 0 Å². The molecule has 0 amide bonds. The highest BCUT2D eigenvalue weighted by Crippen LogP contribution is 2.41. The molecular formula is C29H34O5S. The fourth-order valence-corrected chi connectivity index (χ4v) is 7.31. The Morgan fingerprint density at radius 2 is 1.37 bits per heavy atom. The molecular weight excluding hydrogens is 460 g/mol. The van der Waals surface area contributed by atoms with E-state index in [-0.39, 0.29) is 6.61 Å². The minimum atomic E-state index is -3.68. The van der Waals surface area contributed by atoms with Crippen LogP contribution in [0.5, 0.6) is 0 Å². The van der Waals surface area contributed by atoms with Crippen LogP contribution in [0.25, 0.3) is 0 Å². The third-order valence-electron chi connectivity index (χ3n) is 6.42. The van der Waals surface area contributed by atoms with E-state index >= 15 is 0 Å². The Kier molecular flexibility index (Phi) is 8.07. The van der Waals surface area contributed by atoms with Crippen molar-refractivity contribution in [3.63, 3.8) is 0 Å². The van der Waals surface area contributed by atoms with Crippen molar-refractivity contribution in [1.82, 2.24) is 0 Å². The molecule has 1 N–H and O–H groups in total. The molecule has 0 radical (unpaired) electrons. The van der Waals surface area contributed by atoms with Crippen LogP contribution in [-0.4, -0.2) is 36.8 Å². The largest absolute Gasteiger partial charge is 0.369 e. The van der Waals surface area contributed by atoms with Gasteiger partial charge >= 0.3 is 0 Å². The Labute approximate surface area is 208 Å². The lowest BCUT2D eigenvalue weighted by Crippen LogP contribution is -2.43. The number of hydrogen-bond acceptors (Lipinski definition) is 5. The first-order valence-corrected chi connectivity index (χ1v) is 13.7. The minimum absolute atomic E-state index is 0.249. The Morgan fingerprint density at radius 3 is 1.94 bits per heavy atom. The fourth-order valence-electron chi connectivity index (χ4n) is 4.84. The molecule has 0 bridgehead atoms. The average molecular weight is 495 g/mol. The van der Waals surface area contributed by atoms with Gasteiger partial charge in [-0.1, -0.05) is 91.0 Å². The minimum Gasteiger partial charge on any atom is -0.369 e. The summed E-state index contributed by atoms with van der Waals surface area (Å²) < 4.78 is 41.0. The lowest BCUT2D eigenvalue weighted by Gasteiger charge is -2.35. The lowest BCUT2D eigenvalue weighted by atomic mass is 9.98. The Hall–Kier alpha value is -2.51. The molecule has 1 aliphatic heterocycles. The van der Waals surface area contributed by atoms with Crippen LogP contribution in [-0.2, 0) is 32.3 Å². The van der Waals surface area contributed by atoms with Crippen LogP contribution in [0.1, 0.15) is 48.6 Å². The van der Waals surface area contributed by atoms with E-state index in [9.17, 15) is 13.5 Å². The summed E-state index contributed by atoms with van der Waals surface area (Å²) in [6.45, 7) is 3.39. The van der Waals surface area contributed by atoms with Crippen molar-refractivity contribution in [2.75, 3.05) is 0 Å². The molecule has 4 atom stereocenters. The molecule has 3 unspecified atom stereocenters. The molecule has 4 rings (SSSR count). The van der Waals surface area contributed by atoms with E-state index in [1.54, 1.807) is 13.8 Å². The van der Waals surface area contributed by atoms with Crippen LogP contribution >= 0.6 is 0 Å². The van der Waals surface area contributed by atoms with Crippen LogP contribution in [0.15, 0.2) is 91.0 Å². The zero-order valence-electron chi connectivity index (χ0n) is 20.3. The second-order valence-corrected chi connectivity index (χ2v) is 12.0. The van der Waals surface area contributed by atoms with Gasteiger partial charge in [-0.3, -0.25) is 0 Å². The third kappa shape index (κ3) is 6.58. The molecule has 1 saturated heterocycles. The molecule has 0 saturated carbocycles. The molecule has 3 aromatic rings. The Balaban J connectivity index is 1.76. The Morgan fingerprint density at radius 1 is 0.829 bits per heavy atom. The summed E-state index contributed by atoms with van der Waals surface area (Å²) >= 11 is 0. The van der Waals surface area contributed by atoms with Crippen LogP contribution in [0, 0.1) is 0 Å². The van der Waals surface area contributed by atoms with E-state index in [1.807, 2.05) is 91.0 Å². The molecule has 0 aliphatic carbocycles. The summed E-state index contributed by atoms with van der Waals surface area (Å²) in [4.78, 5) is 0. The van der Waals surface area contributed by atoms with Gasteiger partial charge in [0.2, 0.25) is 0 Å². The maximum Gasteiger partial charge on any atom is 0.163 e. The maximum atomic E-state index is 14.3. The maximum absolute atomic E-state index is 14.3. The van der Waals surface area contributed by atoms with Crippen molar-refractivity contribution >= 4 is 9.84 Å². The topological polar surface area (TPSA) is 72.8 Å². The van der Waals surface area contributed by atoms with Crippen molar-refractivity contribution < 1.29 is 23.0 Å². The second kappa shape index (κ2) is 11.0. The number of hydrogen-bond donors (Lipinski definition) is 1. The highest BCUT2D eigenvalue weighted by molar-refractivity contribution is 7.92. The summed E-state index contributed by atoms with van der Waals surface area (Å²) in [5.74, 6) is -1.43. The van der Waals surface area contributed by atoms with Crippen LogP contribution in [0.4, 0.5) is 0 Å². The van der Waals surface area contributed by atoms with E-state index in [0.29, 0.717) is 24.8 Å². The summed E-state index contributed by atoms with van der Waals surface area (Å²) in [7, 11) is -3.68. The predicted octanol–water partition coefficient (Wildman–Crippen LogP) is 5.25. The Bertz CT molecular complexity index is 1160. The number of benzene rings is 3. The molecule has 0 spiro atoms. The summed E-state index contributed by atoms with van der Waals surface area (Å²) in [6, 6.07) is 28.7. The monoisotopic (exact) mass is 494 g/mol. The average Bonchev–Trinajstić information content (AvgIpc) is 2.93. The van der Waals surface area contributed by atoms with Gasteiger partial charge in [0.25, 0.3) is 0 Å².